The number of thiocyanates is 1. The number of nitrogens with two attached hydrogens (primary N) is 1. The van der Waals surface area contributed by atoms with E-state index in [1.165, 1.54) is 18.2 Å². The van der Waals surface area contributed by atoms with Gasteiger partial charge in [-0.05, 0) is 36.7 Å². The molecule has 0 spiro atoms. The standard InChI is InChI=1S/C15H15F3N4OS/c16-15(17,18)12-8-14(23)22(21-5-1-2-6-24-9-19)13-7-10(20)3-4-11(12)13/h3-4,7-8,21H,1-2,5-6,20H2. The molecule has 1 aromatic heterocycles. The molecule has 0 aliphatic carbocycles. The molecule has 128 valence electrons. The van der Waals surface area contributed by atoms with Crippen LogP contribution in [0.25, 0.3) is 10.9 Å². The topological polar surface area (TPSA) is 83.8 Å². The average molecular weight is 356 g/mol. The summed E-state index contributed by atoms with van der Waals surface area (Å²) < 4.78 is 40.5. The quantitative estimate of drug-likeness (QED) is 0.472. The zero-order chi connectivity index (χ0) is 17.7. The number of alkyl halides is 3. The number of rotatable bonds is 6. The molecule has 0 radical (unpaired) electrons. The largest absolute Gasteiger partial charge is 0.417 e. The van der Waals surface area contributed by atoms with Gasteiger partial charge in [-0.15, -0.1) is 0 Å². The fourth-order valence-corrected chi connectivity index (χ4v) is 2.72. The summed E-state index contributed by atoms with van der Waals surface area (Å²) in [5.74, 6) is 0.661. The Morgan fingerprint density at radius 1 is 1.29 bits per heavy atom. The maximum Gasteiger partial charge on any atom is 0.417 e. The first kappa shape index (κ1) is 18.0. The van der Waals surface area contributed by atoms with Gasteiger partial charge in [0.15, 0.2) is 0 Å². The van der Waals surface area contributed by atoms with Gasteiger partial charge >= 0.3 is 6.18 Å². The van der Waals surface area contributed by atoms with E-state index in [-0.39, 0.29) is 16.6 Å². The minimum atomic E-state index is -4.62. The SMILES string of the molecule is N#CSCCCCNn1c(=O)cc(C(F)(F)F)c2ccc(N)cc21. The van der Waals surface area contributed by atoms with Gasteiger partial charge < -0.3 is 11.2 Å². The number of hydrogen-bond acceptors (Lipinski definition) is 5. The lowest BCUT2D eigenvalue weighted by atomic mass is 10.1. The van der Waals surface area contributed by atoms with E-state index in [9.17, 15) is 18.0 Å². The van der Waals surface area contributed by atoms with Crippen LogP contribution < -0.4 is 16.7 Å². The van der Waals surface area contributed by atoms with E-state index in [2.05, 4.69) is 5.43 Å². The van der Waals surface area contributed by atoms with Crippen LogP contribution in [0.5, 0.6) is 0 Å². The summed E-state index contributed by atoms with van der Waals surface area (Å²) in [7, 11) is 0. The van der Waals surface area contributed by atoms with Crippen molar-refractivity contribution in [3.63, 3.8) is 0 Å². The van der Waals surface area contributed by atoms with Crippen LogP contribution in [0.2, 0.25) is 0 Å². The number of aromatic nitrogens is 1. The maximum absolute atomic E-state index is 13.1. The number of thioether (sulfide) groups is 1. The van der Waals surface area contributed by atoms with Crippen molar-refractivity contribution in [2.45, 2.75) is 19.0 Å². The van der Waals surface area contributed by atoms with Crippen LogP contribution in [0.1, 0.15) is 18.4 Å². The summed E-state index contributed by atoms with van der Waals surface area (Å²) in [6, 6.07) is 4.54. The van der Waals surface area contributed by atoms with Gasteiger partial charge in [0.25, 0.3) is 5.56 Å². The molecule has 0 amide bonds. The lowest BCUT2D eigenvalue weighted by Gasteiger charge is -2.17. The van der Waals surface area contributed by atoms with Gasteiger partial charge in [0.1, 0.15) is 5.40 Å². The number of anilines is 1. The van der Waals surface area contributed by atoms with Gasteiger partial charge in [0.05, 0.1) is 11.1 Å². The average Bonchev–Trinajstić information content (AvgIpc) is 2.51. The number of halogens is 3. The van der Waals surface area contributed by atoms with Crippen molar-refractivity contribution in [1.29, 1.82) is 5.26 Å². The zero-order valence-electron chi connectivity index (χ0n) is 12.6. The van der Waals surface area contributed by atoms with Gasteiger partial charge in [-0.3, -0.25) is 4.79 Å². The number of nitriles is 1. The van der Waals surface area contributed by atoms with Crippen molar-refractivity contribution in [3.8, 4) is 5.40 Å². The minimum absolute atomic E-state index is 0.0845. The Morgan fingerprint density at radius 2 is 2.04 bits per heavy atom. The highest BCUT2D eigenvalue weighted by molar-refractivity contribution is 8.03. The molecule has 0 saturated heterocycles. The number of pyridine rings is 1. The molecule has 0 unspecified atom stereocenters. The Balaban J connectivity index is 2.33. The van der Waals surface area contributed by atoms with Gasteiger partial charge in [0.2, 0.25) is 0 Å². The third-order valence-electron chi connectivity index (χ3n) is 3.35. The summed E-state index contributed by atoms with van der Waals surface area (Å²) in [6.07, 6.45) is -3.20. The molecule has 0 saturated carbocycles. The molecule has 2 aromatic rings. The number of benzene rings is 1. The van der Waals surface area contributed by atoms with E-state index in [1.54, 1.807) is 0 Å². The Kier molecular flexibility index (Phi) is 5.62. The van der Waals surface area contributed by atoms with E-state index >= 15 is 0 Å². The number of nitrogens with one attached hydrogen (secondary N) is 1. The van der Waals surface area contributed by atoms with Crippen LogP contribution in [0.3, 0.4) is 0 Å². The van der Waals surface area contributed by atoms with Crippen molar-refractivity contribution in [1.82, 2.24) is 4.68 Å². The molecule has 2 rings (SSSR count). The molecule has 9 heteroatoms. The van der Waals surface area contributed by atoms with Gasteiger partial charge in [0, 0.05) is 29.4 Å². The van der Waals surface area contributed by atoms with Crippen LogP contribution in [-0.2, 0) is 6.18 Å². The number of hydrogen-bond donors (Lipinski definition) is 2. The van der Waals surface area contributed by atoms with Crippen molar-refractivity contribution in [3.05, 3.63) is 40.2 Å². The molecule has 0 atom stereocenters. The molecule has 5 nitrogen and oxygen atoms in total. The summed E-state index contributed by atoms with van der Waals surface area (Å²) in [5.41, 5.74) is 7.05. The number of unbranched alkanes of at least 4 members (excludes halogenated alkanes) is 1. The Morgan fingerprint density at radius 3 is 2.71 bits per heavy atom. The molecule has 1 aromatic carbocycles. The molecular formula is C15H15F3N4OS. The normalized spacial score (nSPS) is 11.4. The van der Waals surface area contributed by atoms with E-state index in [0.29, 0.717) is 24.8 Å². The summed E-state index contributed by atoms with van der Waals surface area (Å²) in [6.45, 7) is 0.390. The Hall–Kier alpha value is -2.34. The summed E-state index contributed by atoms with van der Waals surface area (Å²) >= 11 is 1.13. The first-order chi connectivity index (χ1) is 11.3. The zero-order valence-corrected chi connectivity index (χ0v) is 13.4. The van der Waals surface area contributed by atoms with Crippen LogP contribution in [0.4, 0.5) is 18.9 Å². The van der Waals surface area contributed by atoms with Crippen LogP contribution in [0.15, 0.2) is 29.1 Å². The van der Waals surface area contributed by atoms with E-state index < -0.39 is 17.3 Å². The predicted octanol–water partition coefficient (Wildman–Crippen LogP) is 3.14. The second kappa shape index (κ2) is 7.49. The molecule has 0 fully saturated rings. The number of fused-ring (bicyclic) bond motifs is 1. The van der Waals surface area contributed by atoms with Crippen LogP contribution in [-0.4, -0.2) is 17.0 Å². The highest BCUT2D eigenvalue weighted by Crippen LogP contribution is 2.34. The van der Waals surface area contributed by atoms with Gasteiger partial charge in [-0.25, -0.2) is 4.68 Å². The third kappa shape index (κ3) is 4.14. The first-order valence-electron chi connectivity index (χ1n) is 7.12. The third-order valence-corrected chi connectivity index (χ3v) is 3.98. The van der Waals surface area contributed by atoms with E-state index in [1.807, 2.05) is 5.40 Å². The highest BCUT2D eigenvalue weighted by Gasteiger charge is 2.33. The molecule has 3 N–H and O–H groups in total. The monoisotopic (exact) mass is 356 g/mol. The lowest BCUT2D eigenvalue weighted by Crippen LogP contribution is -2.31. The van der Waals surface area contributed by atoms with Crippen LogP contribution in [0, 0.1) is 10.7 Å². The van der Waals surface area contributed by atoms with Crippen LogP contribution >= 0.6 is 11.8 Å². The van der Waals surface area contributed by atoms with Crippen molar-refractivity contribution >= 4 is 28.4 Å². The molecular weight excluding hydrogens is 341 g/mol. The fourth-order valence-electron chi connectivity index (χ4n) is 2.28. The lowest BCUT2D eigenvalue weighted by molar-refractivity contribution is -0.136. The molecule has 1 heterocycles. The molecule has 0 aliphatic heterocycles. The van der Waals surface area contributed by atoms with E-state index in [4.69, 9.17) is 11.0 Å². The number of nitrogen functional groups attached to an aromatic ring is 1. The Bertz CT molecular complexity index is 826. The molecule has 24 heavy (non-hydrogen) atoms. The summed E-state index contributed by atoms with van der Waals surface area (Å²) in [5, 5.41) is 10.3. The second-order valence-electron chi connectivity index (χ2n) is 5.06. The maximum atomic E-state index is 13.1. The fraction of sp³-hybridized carbons (Fsp3) is 0.333. The van der Waals surface area contributed by atoms with Crippen molar-refractivity contribution < 1.29 is 13.2 Å². The van der Waals surface area contributed by atoms with Crippen molar-refractivity contribution in [2.75, 3.05) is 23.5 Å². The number of nitrogens with zero attached hydrogens (tertiary/aromatic N) is 2. The second-order valence-corrected chi connectivity index (χ2v) is 5.94. The molecule has 0 aliphatic rings. The van der Waals surface area contributed by atoms with E-state index in [0.717, 1.165) is 22.9 Å². The smallest absolute Gasteiger partial charge is 0.399 e. The minimum Gasteiger partial charge on any atom is -0.399 e. The Labute approximate surface area is 140 Å². The summed E-state index contributed by atoms with van der Waals surface area (Å²) in [4.78, 5) is 12.1. The van der Waals surface area contributed by atoms with Gasteiger partial charge in [-0.2, -0.15) is 18.4 Å². The van der Waals surface area contributed by atoms with Gasteiger partial charge in [-0.1, -0.05) is 6.07 Å². The predicted molar refractivity (Wildman–Crippen MR) is 89.2 cm³/mol. The molecule has 0 bridgehead atoms. The first-order valence-corrected chi connectivity index (χ1v) is 8.10. The van der Waals surface area contributed by atoms with Crippen molar-refractivity contribution in [2.24, 2.45) is 0 Å². The highest BCUT2D eigenvalue weighted by atomic mass is 32.2.